The highest BCUT2D eigenvalue weighted by Gasteiger charge is 2.33. The second kappa shape index (κ2) is 11.3. The molecule has 2 atom stereocenters. The number of amides is 1. The number of methoxy groups -OCH3 is 2. The number of hydrogen-bond donors (Lipinski definition) is 2. The van der Waals surface area contributed by atoms with Crippen molar-refractivity contribution in [2.45, 2.75) is 25.4 Å². The summed E-state index contributed by atoms with van der Waals surface area (Å²) in [5, 5.41) is 11.0. The predicted molar refractivity (Wildman–Crippen MR) is 132 cm³/mol. The van der Waals surface area contributed by atoms with Gasteiger partial charge in [0.1, 0.15) is 35.2 Å². The third-order valence-corrected chi connectivity index (χ3v) is 5.70. The molecule has 2 N–H and O–H groups in total. The standard InChI is InChI=1S/C27H25F3N2O7/c1-16(17-5-4-6-20(13-17)39-27(28,29)30)37-26(34)31-32-12-11-23(38-19-9-7-18(33)8-10-19)21-14-24(35-2)25(36-3)15-22(21)32/h4-16,22,33H,1-3H3,(H,31,34). The van der Waals surface area contributed by atoms with E-state index in [2.05, 4.69) is 10.2 Å². The first-order chi connectivity index (χ1) is 18.6. The van der Waals surface area contributed by atoms with E-state index in [1.54, 1.807) is 36.6 Å². The zero-order valence-electron chi connectivity index (χ0n) is 21.1. The molecule has 2 unspecified atom stereocenters. The van der Waals surface area contributed by atoms with Gasteiger partial charge in [0.25, 0.3) is 0 Å². The van der Waals surface area contributed by atoms with Crippen molar-refractivity contribution in [3.8, 4) is 17.2 Å². The number of hydrazine groups is 1. The van der Waals surface area contributed by atoms with E-state index in [1.807, 2.05) is 0 Å². The third-order valence-electron chi connectivity index (χ3n) is 5.70. The first-order valence-electron chi connectivity index (χ1n) is 11.6. The van der Waals surface area contributed by atoms with Gasteiger partial charge in [-0.05, 0) is 67.1 Å². The van der Waals surface area contributed by atoms with E-state index < -0.39 is 30.4 Å². The maximum atomic E-state index is 12.8. The van der Waals surface area contributed by atoms with Crippen LogP contribution in [-0.2, 0) is 14.2 Å². The Balaban J connectivity index is 1.51. The fourth-order valence-corrected chi connectivity index (χ4v) is 3.89. The number of phenols is 1. The lowest BCUT2D eigenvalue weighted by Gasteiger charge is -2.35. The van der Waals surface area contributed by atoms with Crippen molar-refractivity contribution in [2.75, 3.05) is 14.2 Å². The van der Waals surface area contributed by atoms with Crippen LogP contribution in [0.3, 0.4) is 0 Å². The zero-order chi connectivity index (χ0) is 28.2. The molecule has 206 valence electrons. The van der Waals surface area contributed by atoms with Gasteiger partial charge in [-0.25, -0.2) is 10.2 Å². The molecule has 0 fully saturated rings. The number of halogens is 3. The van der Waals surface area contributed by atoms with Crippen LogP contribution in [0.2, 0.25) is 0 Å². The van der Waals surface area contributed by atoms with Gasteiger partial charge in [0.05, 0.1) is 14.2 Å². The second-order valence-corrected chi connectivity index (χ2v) is 8.31. The minimum Gasteiger partial charge on any atom is -0.508 e. The molecule has 2 aromatic carbocycles. The van der Waals surface area contributed by atoms with Gasteiger partial charge >= 0.3 is 12.5 Å². The number of ether oxygens (including phenoxy) is 5. The molecule has 0 saturated heterocycles. The van der Waals surface area contributed by atoms with Crippen molar-refractivity contribution >= 4 is 6.09 Å². The van der Waals surface area contributed by atoms with Crippen molar-refractivity contribution in [3.05, 3.63) is 101 Å². The van der Waals surface area contributed by atoms with Crippen molar-refractivity contribution in [3.63, 3.8) is 0 Å². The molecule has 0 spiro atoms. The summed E-state index contributed by atoms with van der Waals surface area (Å²) in [6.45, 7) is 1.52. The highest BCUT2D eigenvalue weighted by atomic mass is 19.4. The van der Waals surface area contributed by atoms with Crippen LogP contribution < -0.4 is 14.9 Å². The number of benzene rings is 2. The Kier molecular flexibility index (Phi) is 7.93. The van der Waals surface area contributed by atoms with Crippen LogP contribution >= 0.6 is 0 Å². The number of carbonyl (C=O) groups is 1. The predicted octanol–water partition coefficient (Wildman–Crippen LogP) is 5.60. The lowest BCUT2D eigenvalue weighted by Crippen LogP contribution is -2.47. The van der Waals surface area contributed by atoms with Crippen LogP contribution in [0, 0.1) is 0 Å². The number of aromatic hydroxyl groups is 1. The van der Waals surface area contributed by atoms with E-state index in [1.165, 1.54) is 50.4 Å². The first kappa shape index (κ1) is 27.3. The van der Waals surface area contributed by atoms with Crippen molar-refractivity contribution in [1.82, 2.24) is 10.4 Å². The molecule has 0 saturated carbocycles. The summed E-state index contributed by atoms with van der Waals surface area (Å²) in [5.74, 6) is 1.44. The highest BCUT2D eigenvalue weighted by Crippen LogP contribution is 2.33. The molecule has 0 radical (unpaired) electrons. The van der Waals surface area contributed by atoms with E-state index in [-0.39, 0.29) is 5.75 Å². The van der Waals surface area contributed by atoms with E-state index >= 15 is 0 Å². The monoisotopic (exact) mass is 546 g/mol. The number of allylic oxidation sites excluding steroid dienone is 1. The minimum absolute atomic E-state index is 0.0895. The van der Waals surface area contributed by atoms with Crippen LogP contribution in [-0.4, -0.2) is 42.8 Å². The van der Waals surface area contributed by atoms with Gasteiger partial charge in [0.15, 0.2) is 11.5 Å². The van der Waals surface area contributed by atoms with E-state index in [4.69, 9.17) is 18.9 Å². The van der Waals surface area contributed by atoms with E-state index in [0.29, 0.717) is 34.2 Å². The summed E-state index contributed by atoms with van der Waals surface area (Å²) in [6.07, 6.45) is -0.000919. The molecule has 1 heterocycles. The Hall–Kier alpha value is -4.74. The summed E-state index contributed by atoms with van der Waals surface area (Å²) in [5.41, 5.74) is 3.55. The summed E-state index contributed by atoms with van der Waals surface area (Å²) < 4.78 is 63.9. The number of fused-ring (bicyclic) bond motifs is 1. The Bertz CT molecular complexity index is 1330. The van der Waals surface area contributed by atoms with Crippen LogP contribution in [0.15, 0.2) is 95.8 Å². The summed E-state index contributed by atoms with van der Waals surface area (Å²) in [7, 11) is 2.96. The fraction of sp³-hybridized carbons (Fsp3) is 0.222. The Morgan fingerprint density at radius 3 is 2.44 bits per heavy atom. The number of alkyl halides is 3. The topological polar surface area (TPSA) is 98.7 Å². The molecule has 1 amide bonds. The second-order valence-electron chi connectivity index (χ2n) is 8.31. The quantitative estimate of drug-likeness (QED) is 0.442. The normalized spacial score (nSPS) is 17.4. The Morgan fingerprint density at radius 1 is 1.05 bits per heavy atom. The summed E-state index contributed by atoms with van der Waals surface area (Å²) in [6, 6.07) is 10.8. The van der Waals surface area contributed by atoms with Gasteiger partial charge in [-0.3, -0.25) is 5.01 Å². The van der Waals surface area contributed by atoms with Crippen LogP contribution in [0.25, 0.3) is 0 Å². The van der Waals surface area contributed by atoms with Crippen molar-refractivity contribution in [1.29, 1.82) is 0 Å². The maximum absolute atomic E-state index is 12.8. The summed E-state index contributed by atoms with van der Waals surface area (Å²) >= 11 is 0. The van der Waals surface area contributed by atoms with Crippen molar-refractivity contribution in [2.24, 2.45) is 0 Å². The average molecular weight is 546 g/mol. The lowest BCUT2D eigenvalue weighted by atomic mass is 9.96. The number of nitrogens with zero attached hydrogens (tertiary/aromatic N) is 1. The van der Waals surface area contributed by atoms with Crippen LogP contribution in [0.5, 0.6) is 17.2 Å². The molecule has 2 aliphatic rings. The average Bonchev–Trinajstić information content (AvgIpc) is 2.89. The first-order valence-corrected chi connectivity index (χ1v) is 11.6. The van der Waals surface area contributed by atoms with Gasteiger partial charge in [-0.15, -0.1) is 13.2 Å². The number of hydrogen-bond acceptors (Lipinski definition) is 8. The molecular formula is C27H25F3N2O7. The molecule has 12 heteroatoms. The lowest BCUT2D eigenvalue weighted by molar-refractivity contribution is -0.274. The fourth-order valence-electron chi connectivity index (χ4n) is 3.89. The molecule has 1 aliphatic carbocycles. The Morgan fingerprint density at radius 2 is 1.77 bits per heavy atom. The van der Waals surface area contributed by atoms with Crippen LogP contribution in [0.4, 0.5) is 18.0 Å². The van der Waals surface area contributed by atoms with Gasteiger partial charge in [0.2, 0.25) is 0 Å². The van der Waals surface area contributed by atoms with Gasteiger partial charge in [0, 0.05) is 11.8 Å². The number of nitrogens with one attached hydrogen (secondary N) is 1. The van der Waals surface area contributed by atoms with Gasteiger partial charge < -0.3 is 28.8 Å². The van der Waals surface area contributed by atoms with Crippen molar-refractivity contribution < 1.29 is 46.8 Å². The molecule has 0 bridgehead atoms. The van der Waals surface area contributed by atoms with E-state index in [0.717, 1.165) is 12.1 Å². The molecular weight excluding hydrogens is 521 g/mol. The van der Waals surface area contributed by atoms with Crippen LogP contribution in [0.1, 0.15) is 18.6 Å². The molecule has 39 heavy (non-hydrogen) atoms. The Labute approximate surface area is 221 Å². The number of phenolic OH excluding ortho intramolecular Hbond substituents is 1. The highest BCUT2D eigenvalue weighted by molar-refractivity contribution is 5.67. The molecule has 9 nitrogen and oxygen atoms in total. The number of rotatable bonds is 8. The van der Waals surface area contributed by atoms with Gasteiger partial charge in [-0.1, -0.05) is 12.1 Å². The molecule has 1 aliphatic heterocycles. The molecule has 0 aromatic heterocycles. The minimum atomic E-state index is -4.84. The number of carbonyl (C=O) groups excluding carboxylic acids is 1. The molecule has 4 rings (SSSR count). The van der Waals surface area contributed by atoms with E-state index in [9.17, 15) is 23.1 Å². The maximum Gasteiger partial charge on any atom is 0.573 e. The summed E-state index contributed by atoms with van der Waals surface area (Å²) in [4.78, 5) is 12.8. The SMILES string of the molecule is COC1=CC2=C(Oc3ccc(O)cc3)C=CN(NC(=O)OC(C)c3cccc(OC(F)(F)F)c3)C2C=C1OC. The molecule has 2 aromatic rings. The smallest absolute Gasteiger partial charge is 0.508 e. The van der Waals surface area contributed by atoms with Gasteiger partial charge in [-0.2, -0.15) is 0 Å². The third kappa shape index (κ3) is 6.78. The largest absolute Gasteiger partial charge is 0.573 e. The zero-order valence-corrected chi connectivity index (χ0v) is 21.1.